The molecular weight excluding hydrogens is 446 g/mol. The summed E-state index contributed by atoms with van der Waals surface area (Å²) in [5, 5.41) is 36.2. The number of hydrogen-bond donors (Lipinski definition) is 8. The smallest absolute Gasteiger partial charge is 0.328 e. The topological polar surface area (TPSA) is 207 Å². The van der Waals surface area contributed by atoms with Gasteiger partial charge in [0.25, 0.3) is 0 Å². The van der Waals surface area contributed by atoms with E-state index < -0.39 is 60.1 Å². The number of aliphatic carboxylic acids is 1. The number of amides is 3. The zero-order chi connectivity index (χ0) is 25.6. The highest BCUT2D eigenvalue weighted by Gasteiger charge is 2.31. The summed E-state index contributed by atoms with van der Waals surface area (Å²) >= 11 is 0. The molecule has 2 rings (SSSR count). The number of para-hydroxylation sites is 1. The Kier molecular flexibility index (Phi) is 9.12. The third-order valence-electron chi connectivity index (χ3n) is 5.35. The lowest BCUT2D eigenvalue weighted by Gasteiger charge is -2.24. The summed E-state index contributed by atoms with van der Waals surface area (Å²) in [5.41, 5.74) is 7.24. The van der Waals surface area contributed by atoms with Gasteiger partial charge in [-0.1, -0.05) is 18.2 Å². The van der Waals surface area contributed by atoms with Gasteiger partial charge in [-0.2, -0.15) is 0 Å². The molecular formula is C22H31N5O7. The van der Waals surface area contributed by atoms with E-state index in [9.17, 15) is 29.4 Å². The van der Waals surface area contributed by atoms with Crippen LogP contribution in [0.2, 0.25) is 0 Å². The van der Waals surface area contributed by atoms with Gasteiger partial charge in [-0.25, -0.2) is 4.79 Å². The van der Waals surface area contributed by atoms with E-state index in [1.165, 1.54) is 20.8 Å². The third-order valence-corrected chi connectivity index (χ3v) is 5.35. The second kappa shape index (κ2) is 11.6. The summed E-state index contributed by atoms with van der Waals surface area (Å²) in [6.45, 7) is 3.88. The minimum atomic E-state index is -1.56. The molecule has 12 nitrogen and oxygen atoms in total. The van der Waals surface area contributed by atoms with Crippen molar-refractivity contribution in [2.75, 3.05) is 0 Å². The van der Waals surface area contributed by atoms with E-state index in [-0.39, 0.29) is 6.42 Å². The number of nitrogens with one attached hydrogen (secondary N) is 4. The van der Waals surface area contributed by atoms with Gasteiger partial charge in [0.2, 0.25) is 17.7 Å². The van der Waals surface area contributed by atoms with Gasteiger partial charge in [0.1, 0.15) is 18.1 Å². The molecule has 0 aliphatic carbocycles. The first-order valence-electron chi connectivity index (χ1n) is 10.7. The molecule has 6 atom stereocenters. The molecule has 0 saturated heterocycles. The first-order chi connectivity index (χ1) is 15.9. The Hall–Kier alpha value is -3.48. The summed E-state index contributed by atoms with van der Waals surface area (Å²) in [4.78, 5) is 52.1. The van der Waals surface area contributed by atoms with Gasteiger partial charge in [0, 0.05) is 23.5 Å². The zero-order valence-corrected chi connectivity index (χ0v) is 19.1. The van der Waals surface area contributed by atoms with Crippen LogP contribution in [0.25, 0.3) is 10.9 Å². The van der Waals surface area contributed by atoms with Crippen LogP contribution in [-0.4, -0.2) is 80.4 Å². The van der Waals surface area contributed by atoms with Crippen molar-refractivity contribution in [1.29, 1.82) is 0 Å². The standard InChI is InChI=1S/C22H31N5O7/c1-10(19(30)27-18(12(3)29)22(33)34)25-20(31)16(26-21(32)17(23)11(2)28)8-13-9-24-15-7-5-4-6-14(13)15/h4-7,9-12,16-18,24,28-29H,8,23H2,1-3H3,(H,25,31)(H,26,32)(H,27,30)(H,33,34). The highest BCUT2D eigenvalue weighted by molar-refractivity contribution is 5.94. The summed E-state index contributed by atoms with van der Waals surface area (Å²) in [7, 11) is 0. The number of carboxylic acids is 1. The molecule has 6 unspecified atom stereocenters. The molecule has 3 amide bonds. The van der Waals surface area contributed by atoms with Gasteiger partial charge >= 0.3 is 5.97 Å². The number of aliphatic hydroxyl groups is 2. The summed E-state index contributed by atoms with van der Waals surface area (Å²) in [5.74, 6) is -3.74. The normalized spacial score (nSPS) is 16.5. The Morgan fingerprint density at radius 3 is 2.18 bits per heavy atom. The number of aliphatic hydroxyl groups excluding tert-OH is 2. The second-order valence-corrected chi connectivity index (χ2v) is 8.19. The first-order valence-corrected chi connectivity index (χ1v) is 10.7. The van der Waals surface area contributed by atoms with Gasteiger partial charge in [0.05, 0.1) is 12.2 Å². The highest BCUT2D eigenvalue weighted by atomic mass is 16.4. The Morgan fingerprint density at radius 2 is 1.59 bits per heavy atom. The van der Waals surface area contributed by atoms with Crippen molar-refractivity contribution in [2.24, 2.45) is 5.73 Å². The molecule has 1 aromatic heterocycles. The fraction of sp³-hybridized carbons (Fsp3) is 0.455. The third kappa shape index (κ3) is 6.76. The maximum atomic E-state index is 13.0. The van der Waals surface area contributed by atoms with E-state index in [2.05, 4.69) is 20.9 Å². The van der Waals surface area contributed by atoms with E-state index in [1.54, 1.807) is 6.20 Å². The van der Waals surface area contributed by atoms with Crippen molar-refractivity contribution in [3.63, 3.8) is 0 Å². The summed E-state index contributed by atoms with van der Waals surface area (Å²) in [6.07, 6.45) is -0.773. The SMILES string of the molecule is CC(NC(=O)C(Cc1c[nH]c2ccccc12)NC(=O)C(N)C(C)O)C(=O)NC(C(=O)O)C(C)O. The van der Waals surface area contributed by atoms with Gasteiger partial charge < -0.3 is 42.0 Å². The number of H-pyrrole nitrogens is 1. The summed E-state index contributed by atoms with van der Waals surface area (Å²) in [6, 6.07) is 2.19. The Balaban J connectivity index is 2.20. The maximum absolute atomic E-state index is 13.0. The molecule has 0 aliphatic rings. The van der Waals surface area contributed by atoms with Crippen LogP contribution in [0.1, 0.15) is 26.3 Å². The lowest BCUT2D eigenvalue weighted by molar-refractivity contribution is -0.145. The average Bonchev–Trinajstić information content (AvgIpc) is 3.18. The molecule has 0 fully saturated rings. The zero-order valence-electron chi connectivity index (χ0n) is 19.1. The molecule has 0 saturated carbocycles. The molecule has 9 N–H and O–H groups in total. The van der Waals surface area contributed by atoms with Crippen LogP contribution in [-0.2, 0) is 25.6 Å². The van der Waals surface area contributed by atoms with Crippen LogP contribution in [0.4, 0.5) is 0 Å². The number of rotatable bonds is 11. The fourth-order valence-corrected chi connectivity index (χ4v) is 3.26. The van der Waals surface area contributed by atoms with Crippen molar-refractivity contribution < 1.29 is 34.5 Å². The van der Waals surface area contributed by atoms with Crippen LogP contribution in [0.5, 0.6) is 0 Å². The number of carbonyl (C=O) groups is 4. The maximum Gasteiger partial charge on any atom is 0.328 e. The largest absolute Gasteiger partial charge is 0.480 e. The van der Waals surface area contributed by atoms with Crippen LogP contribution in [0.15, 0.2) is 30.5 Å². The predicted octanol–water partition coefficient (Wildman–Crippen LogP) is -1.64. The van der Waals surface area contributed by atoms with E-state index in [0.717, 1.165) is 16.5 Å². The molecule has 1 aromatic carbocycles. The quantitative estimate of drug-likeness (QED) is 0.188. The predicted molar refractivity (Wildman–Crippen MR) is 122 cm³/mol. The lowest BCUT2D eigenvalue weighted by Crippen LogP contribution is -2.58. The van der Waals surface area contributed by atoms with Gasteiger partial charge in [-0.05, 0) is 32.4 Å². The highest BCUT2D eigenvalue weighted by Crippen LogP contribution is 2.19. The van der Waals surface area contributed by atoms with Crippen molar-refractivity contribution in [1.82, 2.24) is 20.9 Å². The van der Waals surface area contributed by atoms with Gasteiger partial charge in [-0.15, -0.1) is 0 Å². The Morgan fingerprint density at radius 1 is 0.941 bits per heavy atom. The number of nitrogens with two attached hydrogens (primary N) is 1. The molecule has 0 spiro atoms. The fourth-order valence-electron chi connectivity index (χ4n) is 3.26. The molecule has 1 heterocycles. The number of aromatic amines is 1. The molecule has 0 radical (unpaired) electrons. The van der Waals surface area contributed by atoms with Crippen LogP contribution in [0, 0.1) is 0 Å². The monoisotopic (exact) mass is 477 g/mol. The number of carbonyl (C=O) groups excluding carboxylic acids is 3. The number of fused-ring (bicyclic) bond motifs is 1. The average molecular weight is 478 g/mol. The molecule has 12 heteroatoms. The number of aromatic nitrogens is 1. The van der Waals surface area contributed by atoms with E-state index >= 15 is 0 Å². The van der Waals surface area contributed by atoms with Crippen molar-refractivity contribution in [2.45, 2.75) is 63.6 Å². The molecule has 2 aromatic rings. The van der Waals surface area contributed by atoms with Gasteiger partial charge in [-0.3, -0.25) is 14.4 Å². The molecule has 0 bridgehead atoms. The van der Waals surface area contributed by atoms with E-state index in [0.29, 0.717) is 0 Å². The van der Waals surface area contributed by atoms with Crippen molar-refractivity contribution in [3.8, 4) is 0 Å². The minimum absolute atomic E-state index is 0.0495. The Labute approximate surface area is 195 Å². The van der Waals surface area contributed by atoms with Crippen molar-refractivity contribution in [3.05, 3.63) is 36.0 Å². The van der Waals surface area contributed by atoms with E-state index in [4.69, 9.17) is 10.8 Å². The van der Waals surface area contributed by atoms with Crippen LogP contribution in [0.3, 0.4) is 0 Å². The number of hydrogen-bond acceptors (Lipinski definition) is 7. The van der Waals surface area contributed by atoms with Crippen molar-refractivity contribution >= 4 is 34.6 Å². The minimum Gasteiger partial charge on any atom is -0.480 e. The first kappa shape index (κ1) is 26.8. The molecule has 0 aliphatic heterocycles. The molecule has 186 valence electrons. The number of benzene rings is 1. The number of carboxylic acid groups (broad SMARTS) is 1. The van der Waals surface area contributed by atoms with Crippen LogP contribution >= 0.6 is 0 Å². The molecule has 34 heavy (non-hydrogen) atoms. The van der Waals surface area contributed by atoms with Gasteiger partial charge in [0.15, 0.2) is 6.04 Å². The van der Waals surface area contributed by atoms with Crippen LogP contribution < -0.4 is 21.7 Å². The summed E-state index contributed by atoms with van der Waals surface area (Å²) < 4.78 is 0. The second-order valence-electron chi connectivity index (χ2n) is 8.19. The van der Waals surface area contributed by atoms with E-state index in [1.807, 2.05) is 24.3 Å². The Bertz CT molecular complexity index is 1040. The lowest BCUT2D eigenvalue weighted by atomic mass is 10.0.